The highest BCUT2D eigenvalue weighted by Gasteiger charge is 2.41. The molecule has 1 saturated heterocycles. The highest BCUT2D eigenvalue weighted by Crippen LogP contribution is 2.37. The summed E-state index contributed by atoms with van der Waals surface area (Å²) in [4.78, 5) is 14.2. The van der Waals surface area contributed by atoms with Crippen LogP contribution < -0.4 is 0 Å². The van der Waals surface area contributed by atoms with Crippen LogP contribution in [0.15, 0.2) is 0 Å². The van der Waals surface area contributed by atoms with Gasteiger partial charge in [-0.25, -0.2) is 0 Å². The zero-order valence-electron chi connectivity index (χ0n) is 11.2. The average Bonchev–Trinajstić information content (AvgIpc) is 3.16. The lowest BCUT2D eigenvalue weighted by Gasteiger charge is -2.36. The van der Waals surface area contributed by atoms with Crippen molar-refractivity contribution >= 4 is 5.97 Å². The van der Waals surface area contributed by atoms with Gasteiger partial charge in [-0.1, -0.05) is 19.8 Å². The summed E-state index contributed by atoms with van der Waals surface area (Å²) in [6, 6.07) is 0.0579. The highest BCUT2D eigenvalue weighted by atomic mass is 16.5. The van der Waals surface area contributed by atoms with Gasteiger partial charge in [-0.15, -0.1) is 0 Å². The predicted octanol–water partition coefficient (Wildman–Crippen LogP) is 2.45. The van der Waals surface area contributed by atoms with Crippen LogP contribution in [0, 0.1) is 11.8 Å². The molecule has 0 amide bonds. The number of carbonyl (C=O) groups is 1. The molecule has 1 aliphatic heterocycles. The molecule has 0 aromatic heterocycles. The number of nitrogens with zero attached hydrogens (tertiary/aromatic N) is 1. The van der Waals surface area contributed by atoms with Crippen molar-refractivity contribution < 1.29 is 9.53 Å². The number of esters is 1. The van der Waals surface area contributed by atoms with Crippen LogP contribution >= 0.6 is 0 Å². The molecule has 2 rings (SSSR count). The molecule has 0 N–H and O–H groups in total. The van der Waals surface area contributed by atoms with Crippen molar-refractivity contribution in [1.82, 2.24) is 4.90 Å². The molecule has 1 unspecified atom stereocenters. The predicted molar refractivity (Wildman–Crippen MR) is 67.7 cm³/mol. The Balaban J connectivity index is 1.86. The molecule has 1 saturated carbocycles. The van der Waals surface area contributed by atoms with E-state index >= 15 is 0 Å². The molecule has 98 valence electrons. The van der Waals surface area contributed by atoms with E-state index in [-0.39, 0.29) is 12.0 Å². The van der Waals surface area contributed by atoms with Crippen molar-refractivity contribution in [2.45, 2.75) is 51.5 Å². The lowest BCUT2D eigenvalue weighted by molar-refractivity contribution is -0.148. The second kappa shape index (κ2) is 5.85. The number of carbonyl (C=O) groups excluding carboxylic acids is 1. The highest BCUT2D eigenvalue weighted by molar-refractivity contribution is 5.76. The van der Waals surface area contributed by atoms with Crippen LogP contribution in [0.5, 0.6) is 0 Å². The molecule has 0 bridgehead atoms. The fourth-order valence-corrected chi connectivity index (χ4v) is 3.10. The van der Waals surface area contributed by atoms with Crippen LogP contribution in [0.3, 0.4) is 0 Å². The number of likely N-dealkylation sites (tertiary alicyclic amines) is 1. The van der Waals surface area contributed by atoms with Crippen LogP contribution in [0.1, 0.15) is 45.4 Å². The van der Waals surface area contributed by atoms with Crippen molar-refractivity contribution in [3.63, 3.8) is 0 Å². The second-order valence-electron chi connectivity index (χ2n) is 5.57. The molecule has 0 spiro atoms. The van der Waals surface area contributed by atoms with Crippen LogP contribution in [0.25, 0.3) is 0 Å². The fraction of sp³-hybridized carbons (Fsp3) is 0.929. The summed E-state index contributed by atoms with van der Waals surface area (Å²) in [5.74, 6) is 1.44. The summed E-state index contributed by atoms with van der Waals surface area (Å²) >= 11 is 0. The summed E-state index contributed by atoms with van der Waals surface area (Å²) < 4.78 is 4.96. The fourth-order valence-electron chi connectivity index (χ4n) is 3.10. The Hall–Kier alpha value is -0.570. The first-order chi connectivity index (χ1) is 8.26. The van der Waals surface area contributed by atoms with Gasteiger partial charge in [0, 0.05) is 0 Å². The summed E-state index contributed by atoms with van der Waals surface area (Å²) in [6.45, 7) is 4.43. The Kier molecular flexibility index (Phi) is 4.43. The third-order valence-electron chi connectivity index (χ3n) is 4.25. The van der Waals surface area contributed by atoms with Crippen LogP contribution in [-0.2, 0) is 9.53 Å². The molecule has 0 aromatic rings. The van der Waals surface area contributed by atoms with Crippen LogP contribution in [0.4, 0.5) is 0 Å². The van der Waals surface area contributed by atoms with E-state index in [4.69, 9.17) is 4.74 Å². The van der Waals surface area contributed by atoms with E-state index in [2.05, 4.69) is 11.8 Å². The number of rotatable bonds is 5. The summed E-state index contributed by atoms with van der Waals surface area (Å²) in [5, 5.41) is 0. The first-order valence-corrected chi connectivity index (χ1v) is 7.08. The Morgan fingerprint density at radius 1 is 1.29 bits per heavy atom. The Labute approximate surface area is 105 Å². The minimum atomic E-state index is -0.0126. The second-order valence-corrected chi connectivity index (χ2v) is 5.57. The van der Waals surface area contributed by atoms with Gasteiger partial charge >= 0.3 is 5.97 Å². The number of hydrogen-bond acceptors (Lipinski definition) is 3. The van der Waals surface area contributed by atoms with Gasteiger partial charge in [0.2, 0.25) is 0 Å². The minimum absolute atomic E-state index is 0.0126. The first kappa shape index (κ1) is 12.9. The largest absolute Gasteiger partial charge is 0.468 e. The maximum atomic E-state index is 11.8. The number of hydrogen-bond donors (Lipinski definition) is 0. The van der Waals surface area contributed by atoms with E-state index in [0.29, 0.717) is 5.92 Å². The third-order valence-corrected chi connectivity index (χ3v) is 4.25. The van der Waals surface area contributed by atoms with Crippen molar-refractivity contribution in [1.29, 1.82) is 0 Å². The van der Waals surface area contributed by atoms with Crippen molar-refractivity contribution in [3.8, 4) is 0 Å². The molecular formula is C14H25NO2. The molecule has 17 heavy (non-hydrogen) atoms. The minimum Gasteiger partial charge on any atom is -0.468 e. The normalized spacial score (nSPS) is 24.6. The molecule has 3 heteroatoms. The third kappa shape index (κ3) is 3.21. The maximum absolute atomic E-state index is 11.8. The van der Waals surface area contributed by atoms with Gasteiger partial charge in [0.05, 0.1) is 7.11 Å². The SMILES string of the molecule is CCCC1CCN(C(C(=O)OC)C2CC2)CC1. The van der Waals surface area contributed by atoms with E-state index in [1.54, 1.807) is 0 Å². The van der Waals surface area contributed by atoms with E-state index in [0.717, 1.165) is 19.0 Å². The van der Waals surface area contributed by atoms with Gasteiger partial charge in [0.1, 0.15) is 6.04 Å². The van der Waals surface area contributed by atoms with E-state index in [1.807, 2.05) is 0 Å². The molecule has 2 fully saturated rings. The van der Waals surface area contributed by atoms with E-state index in [1.165, 1.54) is 45.6 Å². The Morgan fingerprint density at radius 3 is 2.41 bits per heavy atom. The molecule has 1 heterocycles. The smallest absolute Gasteiger partial charge is 0.323 e. The lowest BCUT2D eigenvalue weighted by Crippen LogP contribution is -2.47. The number of piperidine rings is 1. The molecule has 0 radical (unpaired) electrons. The lowest BCUT2D eigenvalue weighted by atomic mass is 9.91. The van der Waals surface area contributed by atoms with Gasteiger partial charge in [-0.3, -0.25) is 9.69 Å². The zero-order chi connectivity index (χ0) is 12.3. The first-order valence-electron chi connectivity index (χ1n) is 7.08. The van der Waals surface area contributed by atoms with Gasteiger partial charge in [0.25, 0.3) is 0 Å². The Morgan fingerprint density at radius 2 is 1.94 bits per heavy atom. The number of ether oxygens (including phenoxy) is 1. The molecular weight excluding hydrogens is 214 g/mol. The Bertz CT molecular complexity index is 255. The topological polar surface area (TPSA) is 29.5 Å². The number of methoxy groups -OCH3 is 1. The van der Waals surface area contributed by atoms with Gasteiger partial charge in [-0.05, 0) is 50.6 Å². The molecule has 1 atom stereocenters. The average molecular weight is 239 g/mol. The van der Waals surface area contributed by atoms with E-state index in [9.17, 15) is 4.79 Å². The molecule has 1 aliphatic carbocycles. The van der Waals surface area contributed by atoms with Crippen LogP contribution in [-0.4, -0.2) is 37.1 Å². The van der Waals surface area contributed by atoms with Crippen molar-refractivity contribution in [3.05, 3.63) is 0 Å². The van der Waals surface area contributed by atoms with Crippen LogP contribution in [0.2, 0.25) is 0 Å². The summed E-state index contributed by atoms with van der Waals surface area (Å²) in [7, 11) is 1.52. The monoisotopic (exact) mass is 239 g/mol. The molecule has 3 nitrogen and oxygen atoms in total. The molecule has 0 aromatic carbocycles. The standard InChI is InChI=1S/C14H25NO2/c1-3-4-11-7-9-15(10-8-11)13(12-5-6-12)14(16)17-2/h11-13H,3-10H2,1-2H3. The quantitative estimate of drug-likeness (QED) is 0.690. The van der Waals surface area contributed by atoms with Gasteiger partial charge in [0.15, 0.2) is 0 Å². The van der Waals surface area contributed by atoms with E-state index < -0.39 is 0 Å². The zero-order valence-corrected chi connectivity index (χ0v) is 11.2. The maximum Gasteiger partial charge on any atom is 0.323 e. The van der Waals surface area contributed by atoms with Gasteiger partial charge < -0.3 is 4.74 Å². The molecule has 2 aliphatic rings. The summed E-state index contributed by atoms with van der Waals surface area (Å²) in [5.41, 5.74) is 0. The van der Waals surface area contributed by atoms with Crippen molar-refractivity contribution in [2.75, 3.05) is 20.2 Å². The summed E-state index contributed by atoms with van der Waals surface area (Å²) in [6.07, 6.45) is 7.55. The van der Waals surface area contributed by atoms with Gasteiger partial charge in [-0.2, -0.15) is 0 Å². The van der Waals surface area contributed by atoms with Crippen molar-refractivity contribution in [2.24, 2.45) is 11.8 Å².